The molecule has 222 valence electrons. The van der Waals surface area contributed by atoms with Crippen molar-refractivity contribution in [2.45, 2.75) is 38.7 Å². The van der Waals surface area contributed by atoms with E-state index in [0.717, 1.165) is 6.42 Å². The van der Waals surface area contributed by atoms with Crippen molar-refractivity contribution in [3.8, 4) is 34.9 Å². The number of nitrogens with zero attached hydrogens (tertiary/aromatic N) is 5. The highest BCUT2D eigenvalue weighted by molar-refractivity contribution is 6.01. The number of ether oxygens (including phenoxy) is 1. The number of phenols is 1. The molecule has 1 saturated carbocycles. The molecule has 3 heterocycles. The molecule has 2 aromatic heterocycles. The fraction of sp³-hybridized carbons (Fsp3) is 0.364. The Morgan fingerprint density at radius 3 is 2.74 bits per heavy atom. The zero-order chi connectivity index (χ0) is 30.5. The minimum absolute atomic E-state index is 0.0118. The SMILES string of the molecule is CC#Cc1nc(-c2cc(O)cc3cccc(F)c23)c(F)c2nc(OCC3CC3=CN(C)C)nc(N3CCC[C@@](C)(O)C3)c12. The Kier molecular flexibility index (Phi) is 7.30. The van der Waals surface area contributed by atoms with Crippen LogP contribution in [-0.4, -0.2) is 69.5 Å². The van der Waals surface area contributed by atoms with Crippen LogP contribution < -0.4 is 9.64 Å². The maximum absolute atomic E-state index is 16.7. The average molecular weight is 586 g/mol. The lowest BCUT2D eigenvalue weighted by atomic mass is 9.94. The van der Waals surface area contributed by atoms with E-state index in [0.29, 0.717) is 37.2 Å². The van der Waals surface area contributed by atoms with Crippen molar-refractivity contribution in [2.75, 3.05) is 38.7 Å². The second-order valence-electron chi connectivity index (χ2n) is 11.8. The molecule has 8 nitrogen and oxygen atoms in total. The Bertz CT molecular complexity index is 1840. The minimum atomic E-state index is -0.975. The summed E-state index contributed by atoms with van der Waals surface area (Å²) in [6.07, 6.45) is 4.27. The van der Waals surface area contributed by atoms with Gasteiger partial charge in [-0.2, -0.15) is 9.97 Å². The number of hydrogen-bond donors (Lipinski definition) is 2. The molecule has 1 aliphatic carbocycles. The van der Waals surface area contributed by atoms with E-state index in [4.69, 9.17) is 9.72 Å². The van der Waals surface area contributed by atoms with Gasteiger partial charge in [0.2, 0.25) is 0 Å². The summed E-state index contributed by atoms with van der Waals surface area (Å²) in [5, 5.41) is 22.2. The molecule has 0 amide bonds. The van der Waals surface area contributed by atoms with Gasteiger partial charge in [-0.15, -0.1) is 0 Å². The van der Waals surface area contributed by atoms with E-state index in [-0.39, 0.29) is 57.5 Å². The Morgan fingerprint density at radius 2 is 2.00 bits per heavy atom. The van der Waals surface area contributed by atoms with Crippen LogP contribution in [-0.2, 0) is 0 Å². The Morgan fingerprint density at radius 1 is 1.19 bits per heavy atom. The Balaban J connectivity index is 1.57. The molecule has 10 heteroatoms. The van der Waals surface area contributed by atoms with Crippen LogP contribution in [0, 0.1) is 29.4 Å². The highest BCUT2D eigenvalue weighted by atomic mass is 19.1. The number of pyridine rings is 1. The van der Waals surface area contributed by atoms with Gasteiger partial charge >= 0.3 is 6.01 Å². The number of benzene rings is 2. The monoisotopic (exact) mass is 585 g/mol. The Hall–Kier alpha value is -4.49. The van der Waals surface area contributed by atoms with Crippen LogP contribution in [0.25, 0.3) is 32.9 Å². The first-order valence-electron chi connectivity index (χ1n) is 14.3. The first-order chi connectivity index (χ1) is 20.5. The number of β-amino-alcohol motifs (C(OH)–C–C–N with tert-alkyl or cyclic N) is 1. The van der Waals surface area contributed by atoms with Gasteiger partial charge in [-0.3, -0.25) is 0 Å². The van der Waals surface area contributed by atoms with Gasteiger partial charge in [0.1, 0.15) is 34.3 Å². The third-order valence-corrected chi connectivity index (χ3v) is 7.81. The lowest BCUT2D eigenvalue weighted by Gasteiger charge is -2.38. The van der Waals surface area contributed by atoms with Crippen LogP contribution in [0.2, 0.25) is 0 Å². The largest absolute Gasteiger partial charge is 0.508 e. The van der Waals surface area contributed by atoms with E-state index >= 15 is 8.78 Å². The van der Waals surface area contributed by atoms with Gasteiger partial charge in [0.05, 0.1) is 17.6 Å². The van der Waals surface area contributed by atoms with Crippen molar-refractivity contribution in [2.24, 2.45) is 5.92 Å². The number of hydrogen-bond acceptors (Lipinski definition) is 8. The number of rotatable bonds is 6. The highest BCUT2D eigenvalue weighted by Gasteiger charge is 2.34. The summed E-state index contributed by atoms with van der Waals surface area (Å²) in [7, 11) is 3.92. The summed E-state index contributed by atoms with van der Waals surface area (Å²) in [6, 6.07) is 7.13. The first-order valence-corrected chi connectivity index (χ1v) is 14.3. The molecule has 1 aliphatic heterocycles. The van der Waals surface area contributed by atoms with E-state index in [1.54, 1.807) is 19.9 Å². The maximum Gasteiger partial charge on any atom is 0.319 e. The van der Waals surface area contributed by atoms with Crippen LogP contribution in [0.4, 0.5) is 14.6 Å². The van der Waals surface area contributed by atoms with Crippen molar-refractivity contribution < 1.29 is 23.7 Å². The molecular formula is C33H33F2N5O3. The number of piperidine rings is 1. The van der Waals surface area contributed by atoms with Crippen LogP contribution in [0.1, 0.15) is 38.8 Å². The maximum atomic E-state index is 16.7. The predicted molar refractivity (Wildman–Crippen MR) is 162 cm³/mol. The average Bonchev–Trinajstić information content (AvgIpc) is 3.68. The van der Waals surface area contributed by atoms with Gasteiger partial charge in [0, 0.05) is 44.1 Å². The molecule has 0 spiro atoms. The molecule has 4 aromatic rings. The third-order valence-electron chi connectivity index (χ3n) is 7.81. The smallest absolute Gasteiger partial charge is 0.319 e. The number of aromatic hydroxyl groups is 1. The molecule has 2 N–H and O–H groups in total. The van der Waals surface area contributed by atoms with E-state index in [2.05, 4.69) is 28.0 Å². The van der Waals surface area contributed by atoms with Crippen LogP contribution in [0.3, 0.4) is 0 Å². The summed E-state index contributed by atoms with van der Waals surface area (Å²) in [5.41, 5.74) is 0.265. The third kappa shape index (κ3) is 5.65. The fourth-order valence-electron chi connectivity index (χ4n) is 5.83. The number of aromatic nitrogens is 3. The standard InChI is InChI=1S/C33H33F2N5O3/c1-5-8-25-27-30(28(35)29(36-25)23-15-22(41)14-19-9-6-10-24(34)26(19)23)37-32(43-17-21-13-20(21)16-39(3)4)38-31(27)40-12-7-11-33(2,42)18-40/h6,9-10,14-16,21,41-42H,7,11-13,17-18H2,1-4H3/t21?,33-/m1/s1. The van der Waals surface area contributed by atoms with Crippen molar-refractivity contribution in [3.05, 3.63) is 59.4 Å². The zero-order valence-electron chi connectivity index (χ0n) is 24.6. The lowest BCUT2D eigenvalue weighted by molar-refractivity contribution is 0.0447. The normalized spacial score (nSPS) is 20.8. The summed E-state index contributed by atoms with van der Waals surface area (Å²) >= 11 is 0. The number of fused-ring (bicyclic) bond motifs is 2. The van der Waals surface area contributed by atoms with Crippen molar-refractivity contribution in [3.63, 3.8) is 0 Å². The number of anilines is 1. The molecule has 2 fully saturated rings. The highest BCUT2D eigenvalue weighted by Crippen LogP contribution is 2.41. The van der Waals surface area contributed by atoms with Gasteiger partial charge in [0.25, 0.3) is 0 Å². The molecule has 2 aromatic carbocycles. The van der Waals surface area contributed by atoms with Crippen molar-refractivity contribution in [1.82, 2.24) is 19.9 Å². The van der Waals surface area contributed by atoms with E-state index in [1.165, 1.54) is 29.8 Å². The summed E-state index contributed by atoms with van der Waals surface area (Å²) in [6.45, 7) is 4.56. The summed E-state index contributed by atoms with van der Waals surface area (Å²) < 4.78 is 37.9. The van der Waals surface area contributed by atoms with Gasteiger partial charge in [-0.1, -0.05) is 18.1 Å². The molecule has 1 unspecified atom stereocenters. The molecule has 2 aliphatic rings. The summed E-state index contributed by atoms with van der Waals surface area (Å²) in [4.78, 5) is 17.7. The number of phenolic OH excluding ortho intramolecular Hbond substituents is 1. The van der Waals surface area contributed by atoms with E-state index in [1.807, 2.05) is 23.9 Å². The van der Waals surface area contributed by atoms with Crippen LogP contribution >= 0.6 is 0 Å². The quantitative estimate of drug-likeness (QED) is 0.291. The van der Waals surface area contributed by atoms with Crippen LogP contribution in [0.15, 0.2) is 42.1 Å². The van der Waals surface area contributed by atoms with Gasteiger partial charge in [-0.05, 0) is 74.4 Å². The van der Waals surface area contributed by atoms with Crippen molar-refractivity contribution in [1.29, 1.82) is 0 Å². The molecule has 0 radical (unpaired) electrons. The Labute approximate surface area is 248 Å². The predicted octanol–water partition coefficient (Wildman–Crippen LogP) is 5.40. The van der Waals surface area contributed by atoms with Gasteiger partial charge in [0.15, 0.2) is 5.82 Å². The second kappa shape index (κ2) is 11.0. The first kappa shape index (κ1) is 28.6. The summed E-state index contributed by atoms with van der Waals surface area (Å²) in [5.74, 6) is 4.82. The molecule has 6 rings (SSSR count). The second-order valence-corrected chi connectivity index (χ2v) is 11.8. The van der Waals surface area contributed by atoms with E-state index in [9.17, 15) is 10.2 Å². The number of halogens is 2. The molecule has 1 saturated heterocycles. The molecule has 2 atom stereocenters. The molecule has 0 bridgehead atoms. The topological polar surface area (TPSA) is 94.8 Å². The molecule has 43 heavy (non-hydrogen) atoms. The van der Waals surface area contributed by atoms with Gasteiger partial charge < -0.3 is 24.7 Å². The van der Waals surface area contributed by atoms with Gasteiger partial charge in [-0.25, -0.2) is 13.8 Å². The van der Waals surface area contributed by atoms with E-state index < -0.39 is 17.2 Å². The fourth-order valence-corrected chi connectivity index (χ4v) is 5.83. The molecular weight excluding hydrogens is 552 g/mol. The number of aliphatic hydroxyl groups is 1. The van der Waals surface area contributed by atoms with Crippen molar-refractivity contribution >= 4 is 27.5 Å². The zero-order valence-corrected chi connectivity index (χ0v) is 24.6. The minimum Gasteiger partial charge on any atom is -0.508 e. The van der Waals surface area contributed by atoms with Crippen LogP contribution in [0.5, 0.6) is 11.8 Å². The lowest BCUT2D eigenvalue weighted by Crippen LogP contribution is -2.46.